The third kappa shape index (κ3) is 4.39. The lowest BCUT2D eigenvalue weighted by molar-refractivity contribution is -0.125. The molecule has 30 heavy (non-hydrogen) atoms. The standard InChI is InChI=1S/C23H28N4O2.CH4/c1-6-8-12-19(28)22-24-23-21(18(7-2)26(5)20(29)15-25(23)4)27(22)14-17-11-9-10-16(3)13-17;/h9-11,13H,2,6,8,12,14-15H2,1,3-5H3;1H4. The number of amides is 1. The van der Waals surface area contributed by atoms with E-state index in [2.05, 4.69) is 25.3 Å². The number of aryl methyl sites for hydroxylation is 1. The van der Waals surface area contributed by atoms with Gasteiger partial charge < -0.3 is 14.4 Å². The third-order valence-electron chi connectivity index (χ3n) is 5.21. The van der Waals surface area contributed by atoms with Gasteiger partial charge in [0.2, 0.25) is 5.91 Å². The smallest absolute Gasteiger partial charge is 0.246 e. The minimum absolute atomic E-state index is 0. The summed E-state index contributed by atoms with van der Waals surface area (Å²) < 4.78 is 1.92. The van der Waals surface area contributed by atoms with E-state index in [1.807, 2.05) is 36.7 Å². The Kier molecular flexibility index (Phi) is 7.41. The van der Waals surface area contributed by atoms with Crippen LogP contribution in [0.4, 0.5) is 5.82 Å². The number of aromatic nitrogens is 2. The number of hydrogen-bond donors (Lipinski definition) is 0. The van der Waals surface area contributed by atoms with Crippen LogP contribution in [0.2, 0.25) is 0 Å². The van der Waals surface area contributed by atoms with Crippen molar-refractivity contribution in [3.63, 3.8) is 0 Å². The average Bonchev–Trinajstić information content (AvgIpc) is 3.02. The van der Waals surface area contributed by atoms with Crippen LogP contribution in [-0.4, -0.2) is 46.8 Å². The van der Waals surface area contributed by atoms with Gasteiger partial charge in [0.05, 0.1) is 6.54 Å². The number of fused-ring (bicyclic) bond motifs is 1. The van der Waals surface area contributed by atoms with Crippen LogP contribution in [0.5, 0.6) is 0 Å². The number of ketones is 1. The average molecular weight is 409 g/mol. The highest BCUT2D eigenvalue weighted by molar-refractivity contribution is 5.97. The first-order valence-electron chi connectivity index (χ1n) is 9.94. The fourth-order valence-electron chi connectivity index (χ4n) is 3.62. The highest BCUT2D eigenvalue weighted by Crippen LogP contribution is 2.33. The van der Waals surface area contributed by atoms with E-state index in [1.165, 1.54) is 0 Å². The van der Waals surface area contributed by atoms with Crippen LogP contribution in [0.1, 0.15) is 61.1 Å². The Bertz CT molecular complexity index is 999. The molecular formula is C24H32N4O2. The van der Waals surface area contributed by atoms with E-state index >= 15 is 0 Å². The number of rotatable bonds is 6. The molecule has 0 fully saturated rings. The van der Waals surface area contributed by atoms with Gasteiger partial charge in [0.1, 0.15) is 11.4 Å². The summed E-state index contributed by atoms with van der Waals surface area (Å²) in [6.07, 6.45) is 2.21. The number of imidazole rings is 1. The molecule has 0 saturated carbocycles. The molecule has 1 aromatic heterocycles. The van der Waals surface area contributed by atoms with Crippen LogP contribution < -0.4 is 4.90 Å². The zero-order valence-electron chi connectivity index (χ0n) is 17.7. The summed E-state index contributed by atoms with van der Waals surface area (Å²) in [6.45, 7) is 8.57. The van der Waals surface area contributed by atoms with Crippen LogP contribution in [0.15, 0.2) is 36.6 Å². The molecule has 0 unspecified atom stereocenters. The van der Waals surface area contributed by atoms with Crippen molar-refractivity contribution in [1.82, 2.24) is 14.5 Å². The molecule has 0 radical (unpaired) electrons. The highest BCUT2D eigenvalue weighted by Gasteiger charge is 2.33. The number of Topliss-reactive ketones (excluding diaryl/α,β-unsaturated/α-hetero) is 1. The SMILES string of the molecule is C.C=C=C1c2c(nc(C(=O)CCCC)n2Cc2cccc(C)c2)N(C)CC(=O)N1C. The molecule has 1 aromatic carbocycles. The first-order chi connectivity index (χ1) is 13.9. The number of anilines is 1. The Hall–Kier alpha value is -3.11. The van der Waals surface area contributed by atoms with Crippen molar-refractivity contribution in [1.29, 1.82) is 0 Å². The Morgan fingerprint density at radius 3 is 2.67 bits per heavy atom. The van der Waals surface area contributed by atoms with Gasteiger partial charge in [0, 0.05) is 27.1 Å². The van der Waals surface area contributed by atoms with E-state index in [9.17, 15) is 9.59 Å². The molecule has 1 aliphatic rings. The summed E-state index contributed by atoms with van der Waals surface area (Å²) in [7, 11) is 3.53. The monoisotopic (exact) mass is 408 g/mol. The Morgan fingerprint density at radius 1 is 1.30 bits per heavy atom. The predicted octanol–water partition coefficient (Wildman–Crippen LogP) is 4.28. The van der Waals surface area contributed by atoms with Crippen molar-refractivity contribution in [2.45, 2.75) is 47.1 Å². The van der Waals surface area contributed by atoms with Crippen molar-refractivity contribution >= 4 is 23.2 Å². The molecule has 0 bridgehead atoms. The quantitative estimate of drug-likeness (QED) is 0.529. The van der Waals surface area contributed by atoms with Crippen LogP contribution in [0.25, 0.3) is 5.70 Å². The molecule has 0 aliphatic carbocycles. The van der Waals surface area contributed by atoms with Crippen LogP contribution >= 0.6 is 0 Å². The first kappa shape index (κ1) is 23.2. The fourth-order valence-corrected chi connectivity index (χ4v) is 3.62. The molecular weight excluding hydrogens is 376 g/mol. The Labute approximate surface area is 179 Å². The Balaban J connectivity index is 0.00000320. The molecule has 1 aliphatic heterocycles. The Morgan fingerprint density at radius 2 is 2.03 bits per heavy atom. The van der Waals surface area contributed by atoms with Gasteiger partial charge in [0.25, 0.3) is 0 Å². The van der Waals surface area contributed by atoms with Crippen molar-refractivity contribution in [3.05, 3.63) is 59.2 Å². The lowest BCUT2D eigenvalue weighted by atomic mass is 10.1. The van der Waals surface area contributed by atoms with Crippen LogP contribution in [0, 0.1) is 6.92 Å². The van der Waals surface area contributed by atoms with E-state index in [-0.39, 0.29) is 25.7 Å². The normalized spacial score (nSPS) is 13.5. The summed E-state index contributed by atoms with van der Waals surface area (Å²) in [6, 6.07) is 8.18. The molecule has 0 spiro atoms. The molecule has 2 heterocycles. The van der Waals surface area contributed by atoms with Crippen molar-refractivity contribution in [2.24, 2.45) is 0 Å². The molecule has 3 rings (SSSR count). The second kappa shape index (κ2) is 9.59. The third-order valence-corrected chi connectivity index (χ3v) is 5.21. The van der Waals surface area contributed by atoms with Gasteiger partial charge in [-0.3, -0.25) is 9.59 Å². The number of hydrogen-bond acceptors (Lipinski definition) is 4. The van der Waals surface area contributed by atoms with Gasteiger partial charge in [-0.25, -0.2) is 4.98 Å². The van der Waals surface area contributed by atoms with Gasteiger partial charge in [-0.2, -0.15) is 0 Å². The summed E-state index contributed by atoms with van der Waals surface area (Å²) in [4.78, 5) is 33.6. The van der Waals surface area contributed by atoms with Gasteiger partial charge >= 0.3 is 0 Å². The maximum atomic E-state index is 13.0. The molecule has 6 nitrogen and oxygen atoms in total. The van der Waals surface area contributed by atoms with Gasteiger partial charge in [0.15, 0.2) is 17.4 Å². The van der Waals surface area contributed by atoms with E-state index in [1.54, 1.807) is 16.8 Å². The second-order valence-electron chi connectivity index (χ2n) is 7.54. The maximum Gasteiger partial charge on any atom is 0.246 e. The number of likely N-dealkylation sites (N-methyl/N-ethyl adjacent to an activating group) is 2. The van der Waals surface area contributed by atoms with E-state index < -0.39 is 0 Å². The summed E-state index contributed by atoms with van der Waals surface area (Å²) in [5.74, 6) is 0.977. The molecule has 0 saturated heterocycles. The fraction of sp³-hybridized carbons (Fsp3) is 0.417. The van der Waals surface area contributed by atoms with Crippen LogP contribution in [-0.2, 0) is 11.3 Å². The summed E-state index contributed by atoms with van der Waals surface area (Å²) >= 11 is 0. The topological polar surface area (TPSA) is 58.4 Å². The predicted molar refractivity (Wildman–Crippen MR) is 122 cm³/mol. The molecule has 160 valence electrons. The number of nitrogens with zero attached hydrogens (tertiary/aromatic N) is 4. The second-order valence-corrected chi connectivity index (χ2v) is 7.54. The molecule has 0 atom stereocenters. The summed E-state index contributed by atoms with van der Waals surface area (Å²) in [5, 5.41) is 0. The minimum Gasteiger partial charge on any atom is -0.348 e. The number of benzene rings is 1. The lowest BCUT2D eigenvalue weighted by Crippen LogP contribution is -2.33. The lowest BCUT2D eigenvalue weighted by Gasteiger charge is -2.19. The molecule has 6 heteroatoms. The number of unbranched alkanes of at least 4 members (excludes halogenated alkanes) is 1. The number of carbonyl (C=O) groups excluding carboxylic acids is 2. The van der Waals surface area contributed by atoms with Crippen LogP contribution in [0.3, 0.4) is 0 Å². The van der Waals surface area contributed by atoms with E-state index in [0.29, 0.717) is 36.0 Å². The largest absolute Gasteiger partial charge is 0.348 e. The zero-order chi connectivity index (χ0) is 21.1. The maximum absolute atomic E-state index is 13.0. The van der Waals surface area contributed by atoms with Crippen molar-refractivity contribution in [3.8, 4) is 0 Å². The van der Waals surface area contributed by atoms with Crippen molar-refractivity contribution in [2.75, 3.05) is 25.5 Å². The number of carbonyl (C=O) groups is 2. The van der Waals surface area contributed by atoms with Gasteiger partial charge in [-0.1, -0.05) is 57.2 Å². The van der Waals surface area contributed by atoms with Gasteiger partial charge in [-0.15, -0.1) is 5.73 Å². The van der Waals surface area contributed by atoms with E-state index in [4.69, 9.17) is 4.98 Å². The van der Waals surface area contributed by atoms with Crippen molar-refractivity contribution < 1.29 is 9.59 Å². The summed E-state index contributed by atoms with van der Waals surface area (Å²) in [5.41, 5.74) is 6.38. The minimum atomic E-state index is -0.0717. The van der Waals surface area contributed by atoms with E-state index in [0.717, 1.165) is 24.0 Å². The first-order valence-corrected chi connectivity index (χ1v) is 9.94. The highest BCUT2D eigenvalue weighted by atomic mass is 16.2. The molecule has 0 N–H and O–H groups in total. The zero-order valence-corrected chi connectivity index (χ0v) is 17.7. The molecule has 2 aromatic rings. The molecule has 1 amide bonds. The van der Waals surface area contributed by atoms with Gasteiger partial charge in [-0.05, 0) is 18.9 Å².